The molecular weight excluding hydrogens is 361 g/mol. The molecule has 2 aromatic rings. The number of carbonyl (C=O) groups excluding carboxylic acids is 1. The Morgan fingerprint density at radius 2 is 1.88 bits per heavy atom. The number of benzene rings is 2. The van der Waals surface area contributed by atoms with E-state index >= 15 is 0 Å². The highest BCUT2D eigenvalue weighted by molar-refractivity contribution is 7.99. The molecule has 0 fully saturated rings. The van der Waals surface area contributed by atoms with E-state index in [1.54, 1.807) is 12.1 Å². The first-order chi connectivity index (χ1) is 11.7. The van der Waals surface area contributed by atoms with Gasteiger partial charge in [0.2, 0.25) is 0 Å². The zero-order valence-corrected chi connectivity index (χ0v) is 13.5. The minimum absolute atomic E-state index is 0.0179. The molecule has 0 bridgehead atoms. The Labute approximate surface area is 144 Å². The van der Waals surface area contributed by atoms with Crippen LogP contribution in [0.4, 0.5) is 18.9 Å². The van der Waals surface area contributed by atoms with E-state index < -0.39 is 28.3 Å². The van der Waals surface area contributed by atoms with Crippen molar-refractivity contribution in [2.24, 2.45) is 0 Å². The van der Waals surface area contributed by atoms with E-state index in [1.807, 2.05) is 0 Å². The van der Waals surface area contributed by atoms with Crippen LogP contribution in [-0.2, 0) is 11.0 Å². The molecule has 6 nitrogen and oxygen atoms in total. The van der Waals surface area contributed by atoms with Gasteiger partial charge in [-0.05, 0) is 24.3 Å². The summed E-state index contributed by atoms with van der Waals surface area (Å²) in [5.74, 6) is -0.583. The monoisotopic (exact) mass is 372 g/mol. The molecule has 0 heterocycles. The molecule has 0 saturated heterocycles. The molecule has 10 heteroatoms. The maximum absolute atomic E-state index is 12.7. The van der Waals surface area contributed by atoms with Crippen LogP contribution in [0.5, 0.6) is 0 Å². The van der Waals surface area contributed by atoms with E-state index in [0.29, 0.717) is 11.0 Å². The molecule has 1 amide bonds. The SMILES string of the molecule is CONC(=O)c1ccccc1Sc1ccc(C(F)(F)F)cc1[N+](=O)[O-]. The van der Waals surface area contributed by atoms with Crippen molar-refractivity contribution in [1.82, 2.24) is 5.48 Å². The fraction of sp³-hybridized carbons (Fsp3) is 0.133. The lowest BCUT2D eigenvalue weighted by atomic mass is 10.2. The lowest BCUT2D eigenvalue weighted by Crippen LogP contribution is -2.22. The largest absolute Gasteiger partial charge is 0.416 e. The summed E-state index contributed by atoms with van der Waals surface area (Å²) in [6.45, 7) is 0. The van der Waals surface area contributed by atoms with Crippen molar-refractivity contribution < 1.29 is 27.7 Å². The molecule has 0 saturated carbocycles. The second kappa shape index (κ2) is 7.53. The number of hydroxylamine groups is 1. The molecule has 0 unspecified atom stereocenters. The number of alkyl halides is 3. The highest BCUT2D eigenvalue weighted by Crippen LogP contribution is 2.40. The lowest BCUT2D eigenvalue weighted by Gasteiger charge is -2.11. The van der Waals surface area contributed by atoms with E-state index in [2.05, 4.69) is 10.3 Å². The van der Waals surface area contributed by atoms with E-state index in [9.17, 15) is 28.1 Å². The number of nitro groups is 1. The average molecular weight is 372 g/mol. The molecule has 1 N–H and O–H groups in total. The van der Waals surface area contributed by atoms with Crippen LogP contribution in [0.2, 0.25) is 0 Å². The van der Waals surface area contributed by atoms with Gasteiger partial charge >= 0.3 is 6.18 Å². The van der Waals surface area contributed by atoms with Crippen molar-refractivity contribution in [3.63, 3.8) is 0 Å². The third-order valence-corrected chi connectivity index (χ3v) is 4.17. The van der Waals surface area contributed by atoms with Crippen LogP contribution in [0, 0.1) is 10.1 Å². The number of hydrogen-bond acceptors (Lipinski definition) is 5. The second-order valence-electron chi connectivity index (χ2n) is 4.67. The zero-order valence-electron chi connectivity index (χ0n) is 12.7. The number of nitrogens with one attached hydrogen (secondary N) is 1. The molecule has 0 aliphatic carbocycles. The van der Waals surface area contributed by atoms with E-state index in [1.165, 1.54) is 19.2 Å². The van der Waals surface area contributed by atoms with Gasteiger partial charge in [0.15, 0.2) is 0 Å². The van der Waals surface area contributed by atoms with Crippen LogP contribution in [0.3, 0.4) is 0 Å². The fourth-order valence-electron chi connectivity index (χ4n) is 1.93. The van der Waals surface area contributed by atoms with Crippen molar-refractivity contribution in [1.29, 1.82) is 0 Å². The van der Waals surface area contributed by atoms with Crippen LogP contribution >= 0.6 is 11.8 Å². The number of hydrogen-bond donors (Lipinski definition) is 1. The Balaban J connectivity index is 2.44. The molecule has 0 atom stereocenters. The summed E-state index contributed by atoms with van der Waals surface area (Å²) in [4.78, 5) is 27.0. The smallest absolute Gasteiger partial charge is 0.277 e. The van der Waals surface area contributed by atoms with Crippen molar-refractivity contribution in [2.45, 2.75) is 16.0 Å². The van der Waals surface area contributed by atoms with Gasteiger partial charge in [0.1, 0.15) is 0 Å². The minimum Gasteiger partial charge on any atom is -0.277 e. The summed E-state index contributed by atoms with van der Waals surface area (Å²) >= 11 is 0.817. The molecule has 0 aliphatic heterocycles. The Morgan fingerprint density at radius 1 is 1.20 bits per heavy atom. The summed E-state index contributed by atoms with van der Waals surface area (Å²) in [5.41, 5.74) is 0.480. The molecule has 0 radical (unpaired) electrons. The van der Waals surface area contributed by atoms with Crippen molar-refractivity contribution in [3.05, 3.63) is 63.7 Å². The Kier molecular flexibility index (Phi) is 5.65. The van der Waals surface area contributed by atoms with E-state index in [-0.39, 0.29) is 10.5 Å². The van der Waals surface area contributed by atoms with Crippen LogP contribution < -0.4 is 5.48 Å². The van der Waals surface area contributed by atoms with Gasteiger partial charge in [-0.1, -0.05) is 23.9 Å². The summed E-state index contributed by atoms with van der Waals surface area (Å²) in [6, 6.07) is 8.41. The third kappa shape index (κ3) is 4.48. The first-order valence-corrected chi connectivity index (χ1v) is 7.51. The molecule has 0 spiro atoms. The number of carbonyl (C=O) groups is 1. The first kappa shape index (κ1) is 18.7. The first-order valence-electron chi connectivity index (χ1n) is 6.70. The highest BCUT2D eigenvalue weighted by atomic mass is 32.2. The van der Waals surface area contributed by atoms with Crippen molar-refractivity contribution >= 4 is 23.4 Å². The maximum atomic E-state index is 12.7. The minimum atomic E-state index is -4.69. The van der Waals surface area contributed by atoms with Gasteiger partial charge in [0.05, 0.1) is 28.1 Å². The Hall–Kier alpha value is -2.59. The van der Waals surface area contributed by atoms with Gasteiger partial charge < -0.3 is 0 Å². The zero-order chi connectivity index (χ0) is 18.6. The number of nitrogens with zero attached hydrogens (tertiary/aromatic N) is 1. The fourth-order valence-corrected chi connectivity index (χ4v) is 2.96. The van der Waals surface area contributed by atoms with Gasteiger partial charge in [-0.2, -0.15) is 13.2 Å². The molecule has 0 aromatic heterocycles. The van der Waals surface area contributed by atoms with Crippen LogP contribution in [0.25, 0.3) is 0 Å². The summed E-state index contributed by atoms with van der Waals surface area (Å²) in [6.07, 6.45) is -4.69. The normalized spacial score (nSPS) is 11.2. The van der Waals surface area contributed by atoms with Crippen LogP contribution in [0.15, 0.2) is 52.3 Å². The summed E-state index contributed by atoms with van der Waals surface area (Å²) < 4.78 is 38.2. The number of rotatable bonds is 5. The van der Waals surface area contributed by atoms with Gasteiger partial charge in [-0.25, -0.2) is 5.48 Å². The Morgan fingerprint density at radius 3 is 2.48 bits per heavy atom. The molecule has 2 rings (SSSR count). The second-order valence-corrected chi connectivity index (χ2v) is 5.75. The quantitative estimate of drug-likeness (QED) is 0.632. The average Bonchev–Trinajstić information content (AvgIpc) is 2.54. The topological polar surface area (TPSA) is 81.5 Å². The third-order valence-electron chi connectivity index (χ3n) is 3.03. The Bertz CT molecular complexity index is 812. The molecule has 25 heavy (non-hydrogen) atoms. The van der Waals surface area contributed by atoms with E-state index in [0.717, 1.165) is 23.9 Å². The molecule has 0 aliphatic rings. The number of halogens is 3. The highest BCUT2D eigenvalue weighted by Gasteiger charge is 2.33. The van der Waals surface area contributed by atoms with Crippen LogP contribution in [0.1, 0.15) is 15.9 Å². The predicted molar refractivity (Wildman–Crippen MR) is 83.1 cm³/mol. The standard InChI is InChI=1S/C15H11F3N2O4S/c1-24-19-14(21)10-4-2-3-5-12(10)25-13-7-6-9(15(16,17)18)8-11(13)20(22)23/h2-8H,1H3,(H,19,21). The predicted octanol–water partition coefficient (Wildman–Crippen LogP) is 4.06. The van der Waals surface area contributed by atoms with Crippen molar-refractivity contribution in [2.75, 3.05) is 7.11 Å². The number of nitro benzene ring substituents is 1. The van der Waals surface area contributed by atoms with Gasteiger partial charge in [-0.3, -0.25) is 19.7 Å². The maximum Gasteiger partial charge on any atom is 0.416 e. The van der Waals surface area contributed by atoms with Gasteiger partial charge in [0.25, 0.3) is 11.6 Å². The molecule has 132 valence electrons. The lowest BCUT2D eigenvalue weighted by molar-refractivity contribution is -0.388. The van der Waals surface area contributed by atoms with Gasteiger partial charge in [0, 0.05) is 11.0 Å². The summed E-state index contributed by atoms with van der Waals surface area (Å²) in [5, 5.41) is 11.1. The number of amides is 1. The van der Waals surface area contributed by atoms with E-state index in [4.69, 9.17) is 0 Å². The van der Waals surface area contributed by atoms with Gasteiger partial charge in [-0.15, -0.1) is 0 Å². The molecule has 2 aromatic carbocycles. The molecular formula is C15H11F3N2O4S. The summed E-state index contributed by atoms with van der Waals surface area (Å²) in [7, 11) is 1.24. The van der Waals surface area contributed by atoms with Crippen molar-refractivity contribution in [3.8, 4) is 0 Å². The van der Waals surface area contributed by atoms with Crippen LogP contribution in [-0.4, -0.2) is 17.9 Å².